The van der Waals surface area contributed by atoms with Crippen LogP contribution in [0.1, 0.15) is 16.7 Å². The van der Waals surface area contributed by atoms with Gasteiger partial charge in [0.1, 0.15) is 10.1 Å². The van der Waals surface area contributed by atoms with E-state index >= 15 is 0 Å². The summed E-state index contributed by atoms with van der Waals surface area (Å²) >= 11 is 0. The van der Waals surface area contributed by atoms with E-state index in [9.17, 15) is 13.0 Å². The van der Waals surface area contributed by atoms with E-state index in [2.05, 4.69) is 0 Å². The predicted octanol–water partition coefficient (Wildman–Crippen LogP) is 2.32. The maximum absolute atomic E-state index is 10.8. The molecular weight excluding hydrogens is 352 g/mol. The van der Waals surface area contributed by atoms with Gasteiger partial charge in [-0.15, -0.1) is 0 Å². The standard InChI is InChI=1S/C10H11N2O.C9H12O3S/c1-13-10-7-8-5-3-2-4-6-9(8)12(10)11;1-6-4-7(2)9(8(3)5-6)13(10,11)12/h2-7H,11H2,1H3;4-5H,1-3H3,(H,10,11,12)/q+1;/p-1. The van der Waals surface area contributed by atoms with Crippen LogP contribution in [0.25, 0.3) is 11.3 Å². The molecule has 6 nitrogen and oxygen atoms in total. The fourth-order valence-corrected chi connectivity index (χ4v) is 3.84. The number of ether oxygens (including phenoxy) is 1. The third-order valence-corrected chi connectivity index (χ3v) is 5.03. The second-order valence-corrected chi connectivity index (χ2v) is 7.31. The molecule has 0 saturated heterocycles. The lowest BCUT2D eigenvalue weighted by atomic mass is 10.1. The highest BCUT2D eigenvalue weighted by atomic mass is 32.2. The minimum absolute atomic E-state index is 0.0851. The molecule has 0 bridgehead atoms. The topological polar surface area (TPSA) is 96.3 Å². The highest BCUT2D eigenvalue weighted by Crippen LogP contribution is 2.22. The first kappa shape index (κ1) is 19.7. The molecule has 0 radical (unpaired) electrons. The number of fused-ring (bicyclic) bond motifs is 1. The second kappa shape index (κ2) is 7.72. The number of benzene rings is 1. The monoisotopic (exact) mass is 374 g/mol. The van der Waals surface area contributed by atoms with Crippen molar-refractivity contribution >= 4 is 10.1 Å². The Bertz CT molecular complexity index is 977. The van der Waals surface area contributed by atoms with E-state index in [-0.39, 0.29) is 4.90 Å². The molecule has 0 spiro atoms. The molecule has 0 unspecified atom stereocenters. The number of hydrogen-bond donors (Lipinski definition) is 1. The summed E-state index contributed by atoms with van der Waals surface area (Å²) in [5.41, 5.74) is 4.04. The molecule has 2 N–H and O–H groups in total. The molecule has 0 atom stereocenters. The van der Waals surface area contributed by atoms with Gasteiger partial charge in [0, 0.05) is 6.07 Å². The van der Waals surface area contributed by atoms with E-state index in [0.717, 1.165) is 16.8 Å². The van der Waals surface area contributed by atoms with Crippen molar-refractivity contribution in [2.45, 2.75) is 25.7 Å². The molecule has 138 valence electrons. The van der Waals surface area contributed by atoms with Crippen LogP contribution in [0.2, 0.25) is 0 Å². The van der Waals surface area contributed by atoms with Gasteiger partial charge in [-0.05, 0) is 42.6 Å². The number of rotatable bonds is 2. The first-order valence-corrected chi connectivity index (χ1v) is 9.32. The van der Waals surface area contributed by atoms with Gasteiger partial charge < -0.3 is 9.29 Å². The summed E-state index contributed by atoms with van der Waals surface area (Å²) in [5, 5.41) is 0. The lowest BCUT2D eigenvalue weighted by molar-refractivity contribution is -0.630. The average Bonchev–Trinajstić information content (AvgIpc) is 2.69. The van der Waals surface area contributed by atoms with E-state index in [4.69, 9.17) is 10.6 Å². The van der Waals surface area contributed by atoms with E-state index in [0.29, 0.717) is 17.0 Å². The number of nitrogens with zero attached hydrogens (tertiary/aromatic N) is 1. The summed E-state index contributed by atoms with van der Waals surface area (Å²) in [7, 11) is -2.72. The minimum atomic E-state index is -4.33. The third-order valence-electron chi connectivity index (χ3n) is 3.89. The van der Waals surface area contributed by atoms with Crippen LogP contribution in [0, 0.1) is 20.8 Å². The third kappa shape index (κ3) is 4.30. The molecule has 0 saturated carbocycles. The van der Waals surface area contributed by atoms with Crippen LogP contribution < -0.4 is 15.3 Å². The van der Waals surface area contributed by atoms with Crippen molar-refractivity contribution in [3.8, 4) is 17.1 Å². The van der Waals surface area contributed by atoms with Crippen molar-refractivity contribution in [2.24, 2.45) is 0 Å². The molecule has 1 aromatic carbocycles. The smallest absolute Gasteiger partial charge is 0.397 e. The second-order valence-electron chi connectivity index (χ2n) is 5.99. The van der Waals surface area contributed by atoms with Crippen molar-refractivity contribution in [1.82, 2.24) is 0 Å². The Morgan fingerprint density at radius 3 is 2.12 bits per heavy atom. The molecule has 1 heterocycles. The van der Waals surface area contributed by atoms with Gasteiger partial charge in [-0.2, -0.15) is 0 Å². The Morgan fingerprint density at radius 1 is 1.00 bits per heavy atom. The van der Waals surface area contributed by atoms with Crippen LogP contribution in [0.4, 0.5) is 0 Å². The largest absolute Gasteiger partial charge is 0.744 e. The number of aryl methyl sites for hydroxylation is 3. The van der Waals surface area contributed by atoms with Crippen molar-refractivity contribution in [3.05, 3.63) is 65.2 Å². The van der Waals surface area contributed by atoms with E-state index in [1.807, 2.05) is 43.3 Å². The summed E-state index contributed by atoms with van der Waals surface area (Å²) in [6.07, 6.45) is 0. The Kier molecular flexibility index (Phi) is 5.84. The molecule has 3 rings (SSSR count). The normalized spacial score (nSPS) is 11.0. The molecule has 1 aliphatic heterocycles. The van der Waals surface area contributed by atoms with Gasteiger partial charge in [0.2, 0.25) is 5.69 Å². The highest BCUT2D eigenvalue weighted by molar-refractivity contribution is 7.85. The van der Waals surface area contributed by atoms with Gasteiger partial charge in [0.25, 0.3) is 0 Å². The molecule has 0 fully saturated rings. The summed E-state index contributed by atoms with van der Waals surface area (Å²) in [5.74, 6) is 6.46. The van der Waals surface area contributed by atoms with Gasteiger partial charge in [-0.1, -0.05) is 35.9 Å². The lowest BCUT2D eigenvalue weighted by Gasteiger charge is -2.14. The molecule has 7 heteroatoms. The lowest BCUT2D eigenvalue weighted by Crippen LogP contribution is -2.45. The highest BCUT2D eigenvalue weighted by Gasteiger charge is 2.21. The number of methoxy groups -OCH3 is 1. The number of nitrogen functional groups attached to an aromatic ring is 1. The van der Waals surface area contributed by atoms with Gasteiger partial charge >= 0.3 is 5.88 Å². The number of nitrogens with two attached hydrogens (primary N) is 1. The van der Waals surface area contributed by atoms with Crippen molar-refractivity contribution < 1.29 is 22.4 Å². The van der Waals surface area contributed by atoms with E-state index < -0.39 is 10.1 Å². The molecule has 1 aromatic rings. The van der Waals surface area contributed by atoms with E-state index in [1.54, 1.807) is 33.1 Å². The van der Waals surface area contributed by atoms with Crippen LogP contribution in [-0.4, -0.2) is 20.1 Å². The summed E-state index contributed by atoms with van der Waals surface area (Å²) in [6, 6.07) is 15.1. The SMILES string of the molecule is COc1cc2cccccc-2[n+]1N.Cc1cc(C)c(S(=O)(=O)[O-])c(C)c1. The Balaban J connectivity index is 0.000000187. The molecule has 26 heavy (non-hydrogen) atoms. The first-order valence-electron chi connectivity index (χ1n) is 7.91. The Labute approximate surface area is 153 Å². The quantitative estimate of drug-likeness (QED) is 0.422. The first-order chi connectivity index (χ1) is 12.1. The van der Waals surface area contributed by atoms with Crippen molar-refractivity contribution in [3.63, 3.8) is 0 Å². The van der Waals surface area contributed by atoms with Crippen LogP contribution in [0.15, 0.2) is 53.4 Å². The van der Waals surface area contributed by atoms with Crippen LogP contribution in [0.5, 0.6) is 5.88 Å². The molecule has 1 aliphatic carbocycles. The Hall–Kier alpha value is -2.64. The van der Waals surface area contributed by atoms with E-state index in [1.165, 1.54) is 4.68 Å². The summed E-state index contributed by atoms with van der Waals surface area (Å²) in [6.45, 7) is 5.12. The van der Waals surface area contributed by atoms with Gasteiger partial charge in [-0.25, -0.2) is 14.3 Å². The van der Waals surface area contributed by atoms with Crippen molar-refractivity contribution in [2.75, 3.05) is 13.0 Å². The maximum Gasteiger partial charge on any atom is 0.397 e. The summed E-state index contributed by atoms with van der Waals surface area (Å²) in [4.78, 5) is -0.0851. The Morgan fingerprint density at radius 2 is 1.58 bits per heavy atom. The molecule has 0 amide bonds. The summed E-state index contributed by atoms with van der Waals surface area (Å²) < 4.78 is 39.1. The number of aromatic nitrogens is 1. The fourth-order valence-electron chi connectivity index (χ4n) is 2.93. The molecular formula is C19H22N2O4S. The predicted molar refractivity (Wildman–Crippen MR) is 98.6 cm³/mol. The van der Waals surface area contributed by atoms with Crippen LogP contribution >= 0.6 is 0 Å². The van der Waals surface area contributed by atoms with Gasteiger partial charge in [-0.3, -0.25) is 0 Å². The zero-order valence-electron chi connectivity index (χ0n) is 15.2. The minimum Gasteiger partial charge on any atom is -0.744 e. The van der Waals surface area contributed by atoms with Gasteiger partial charge in [0.05, 0.1) is 23.6 Å². The van der Waals surface area contributed by atoms with Gasteiger partial charge in [0.15, 0.2) is 0 Å². The molecule has 0 aromatic heterocycles. The van der Waals surface area contributed by atoms with Crippen LogP contribution in [-0.2, 0) is 10.1 Å². The van der Waals surface area contributed by atoms with Crippen LogP contribution in [0.3, 0.4) is 0 Å². The average molecular weight is 374 g/mol. The zero-order chi connectivity index (χ0) is 19.5. The molecule has 2 aliphatic rings. The van der Waals surface area contributed by atoms with Crippen molar-refractivity contribution in [1.29, 1.82) is 0 Å². The number of hydrogen-bond acceptors (Lipinski definition) is 5. The fraction of sp³-hybridized carbons (Fsp3) is 0.211. The zero-order valence-corrected chi connectivity index (χ0v) is 16.0. The maximum atomic E-state index is 10.8.